The van der Waals surface area contributed by atoms with Crippen molar-refractivity contribution in [2.24, 2.45) is 0 Å². The molecule has 1 N–H and O–H groups in total. The van der Waals surface area contributed by atoms with Crippen LogP contribution in [0.4, 0.5) is 0 Å². The first kappa shape index (κ1) is 15.2. The number of aromatic nitrogens is 4. The normalized spacial score (nSPS) is 11.0. The van der Waals surface area contributed by atoms with Crippen LogP contribution < -0.4 is 5.32 Å². The number of carbonyl (C=O) groups excluding carboxylic acids is 1. The number of halogens is 2. The molecule has 1 amide bonds. The average molecular weight is 356 g/mol. The van der Waals surface area contributed by atoms with Gasteiger partial charge in [-0.1, -0.05) is 40.6 Å². The Morgan fingerprint density at radius 3 is 2.91 bits per heavy atom. The number of hydrogen-bond donors (Lipinski definition) is 1. The molecule has 3 aromatic rings. The van der Waals surface area contributed by atoms with E-state index in [4.69, 9.17) is 23.2 Å². The Morgan fingerprint density at radius 2 is 2.18 bits per heavy atom. The summed E-state index contributed by atoms with van der Waals surface area (Å²) in [4.78, 5) is 12.7. The summed E-state index contributed by atoms with van der Waals surface area (Å²) in [7, 11) is 0. The summed E-state index contributed by atoms with van der Waals surface area (Å²) in [5.74, 6) is 0.415. The number of amides is 1. The van der Waals surface area contributed by atoms with Crippen LogP contribution in [0.3, 0.4) is 0 Å². The molecule has 2 aromatic heterocycles. The van der Waals surface area contributed by atoms with Crippen molar-refractivity contribution >= 4 is 45.4 Å². The number of benzene rings is 1. The van der Waals surface area contributed by atoms with Gasteiger partial charge in [0.25, 0.3) is 5.91 Å². The van der Waals surface area contributed by atoms with E-state index in [-0.39, 0.29) is 5.91 Å². The first-order valence-corrected chi connectivity index (χ1v) is 8.03. The number of hydrogen-bond acceptors (Lipinski definition) is 5. The fraction of sp³-hybridized carbons (Fsp3) is 0.231. The Kier molecular flexibility index (Phi) is 4.28. The van der Waals surface area contributed by atoms with Crippen molar-refractivity contribution < 1.29 is 4.79 Å². The molecule has 0 saturated carbocycles. The first-order valence-electron chi connectivity index (χ1n) is 6.45. The third-order valence-electron chi connectivity index (χ3n) is 3.04. The second kappa shape index (κ2) is 6.20. The number of nitrogens with one attached hydrogen (secondary N) is 1. The largest absolute Gasteiger partial charge is 0.350 e. The minimum Gasteiger partial charge on any atom is -0.350 e. The van der Waals surface area contributed by atoms with Gasteiger partial charge in [-0.25, -0.2) is 0 Å². The van der Waals surface area contributed by atoms with Crippen molar-refractivity contribution in [1.29, 1.82) is 0 Å². The lowest BCUT2D eigenvalue weighted by molar-refractivity contribution is 0.0952. The van der Waals surface area contributed by atoms with Gasteiger partial charge in [0, 0.05) is 16.6 Å². The van der Waals surface area contributed by atoms with Crippen LogP contribution in [0, 0.1) is 6.92 Å². The maximum Gasteiger partial charge on any atom is 0.282 e. The molecule has 1 aromatic carbocycles. The standard InChI is InChI=1S/C13H11Cl2N5OS/c1-7-17-18-13-20(7)19-12(22-13)11(21)16-5-4-8-2-3-9(14)6-10(8)15/h2-3,6H,4-5H2,1H3,(H,16,21). The highest BCUT2D eigenvalue weighted by atomic mass is 35.5. The summed E-state index contributed by atoms with van der Waals surface area (Å²) >= 11 is 13.1. The van der Waals surface area contributed by atoms with E-state index in [0.29, 0.717) is 38.8 Å². The van der Waals surface area contributed by atoms with Crippen LogP contribution >= 0.6 is 34.5 Å². The molecular formula is C13H11Cl2N5OS. The Labute approximate surface area is 140 Å². The van der Waals surface area contributed by atoms with Crippen LogP contribution in [0.25, 0.3) is 4.96 Å². The molecule has 0 aliphatic carbocycles. The van der Waals surface area contributed by atoms with Gasteiger partial charge >= 0.3 is 0 Å². The summed E-state index contributed by atoms with van der Waals surface area (Å²) in [6, 6.07) is 5.31. The topological polar surface area (TPSA) is 72.2 Å². The van der Waals surface area contributed by atoms with E-state index in [1.807, 2.05) is 6.07 Å². The van der Waals surface area contributed by atoms with Gasteiger partial charge in [0.1, 0.15) is 0 Å². The summed E-state index contributed by atoms with van der Waals surface area (Å²) in [5.41, 5.74) is 0.931. The van der Waals surface area contributed by atoms with Crippen LogP contribution in [0.15, 0.2) is 18.2 Å². The zero-order chi connectivity index (χ0) is 15.7. The second-order valence-electron chi connectivity index (χ2n) is 4.59. The molecule has 9 heteroatoms. The predicted molar refractivity (Wildman–Crippen MR) is 85.9 cm³/mol. The van der Waals surface area contributed by atoms with E-state index in [2.05, 4.69) is 20.6 Å². The molecule has 6 nitrogen and oxygen atoms in total. The third kappa shape index (κ3) is 3.06. The third-order valence-corrected chi connectivity index (χ3v) is 4.52. The minimum atomic E-state index is -0.236. The van der Waals surface area contributed by atoms with Crippen molar-refractivity contribution in [2.45, 2.75) is 13.3 Å². The van der Waals surface area contributed by atoms with Gasteiger partial charge in [-0.05, 0) is 31.0 Å². The van der Waals surface area contributed by atoms with Gasteiger partial charge in [-0.3, -0.25) is 4.79 Å². The molecule has 114 valence electrons. The number of aryl methyl sites for hydroxylation is 1. The van der Waals surface area contributed by atoms with Crippen LogP contribution in [-0.4, -0.2) is 32.3 Å². The van der Waals surface area contributed by atoms with Crippen molar-refractivity contribution in [3.05, 3.63) is 44.6 Å². The maximum atomic E-state index is 12.1. The molecular weight excluding hydrogens is 345 g/mol. The molecule has 0 aliphatic rings. The molecule has 3 rings (SSSR count). The van der Waals surface area contributed by atoms with Crippen LogP contribution in [0.2, 0.25) is 10.0 Å². The average Bonchev–Trinajstić information content (AvgIpc) is 3.04. The molecule has 0 atom stereocenters. The van der Waals surface area contributed by atoms with Gasteiger partial charge in [-0.15, -0.1) is 15.3 Å². The lowest BCUT2D eigenvalue weighted by Gasteiger charge is -2.05. The minimum absolute atomic E-state index is 0.236. The van der Waals surface area contributed by atoms with E-state index in [0.717, 1.165) is 5.56 Å². The second-order valence-corrected chi connectivity index (χ2v) is 6.39. The first-order chi connectivity index (χ1) is 10.5. The molecule has 22 heavy (non-hydrogen) atoms. The van der Waals surface area contributed by atoms with E-state index in [9.17, 15) is 4.79 Å². The lowest BCUT2D eigenvalue weighted by atomic mass is 10.1. The van der Waals surface area contributed by atoms with Crippen molar-refractivity contribution in [2.75, 3.05) is 6.54 Å². The molecule has 0 fully saturated rings. The van der Waals surface area contributed by atoms with Crippen LogP contribution in [-0.2, 0) is 6.42 Å². The summed E-state index contributed by atoms with van der Waals surface area (Å²) in [6.45, 7) is 2.24. The number of rotatable bonds is 4. The van der Waals surface area contributed by atoms with E-state index in [1.165, 1.54) is 11.3 Å². The van der Waals surface area contributed by atoms with Crippen molar-refractivity contribution in [1.82, 2.24) is 25.1 Å². The molecule has 0 aliphatic heterocycles. The van der Waals surface area contributed by atoms with E-state index in [1.54, 1.807) is 23.6 Å². The van der Waals surface area contributed by atoms with Crippen LogP contribution in [0.5, 0.6) is 0 Å². The zero-order valence-electron chi connectivity index (χ0n) is 11.5. The number of nitrogens with zero attached hydrogens (tertiary/aromatic N) is 4. The van der Waals surface area contributed by atoms with E-state index < -0.39 is 0 Å². The fourth-order valence-electron chi connectivity index (χ4n) is 1.92. The predicted octanol–water partition coefficient (Wildman–Crippen LogP) is 2.77. The highest BCUT2D eigenvalue weighted by molar-refractivity contribution is 7.18. The van der Waals surface area contributed by atoms with Gasteiger partial charge in [-0.2, -0.15) is 4.52 Å². The summed E-state index contributed by atoms with van der Waals surface area (Å²) in [6.07, 6.45) is 0.616. The fourth-order valence-corrected chi connectivity index (χ4v) is 3.22. The molecule has 0 bridgehead atoms. The maximum absolute atomic E-state index is 12.1. The Balaban J connectivity index is 1.62. The van der Waals surface area contributed by atoms with Gasteiger partial charge < -0.3 is 5.32 Å². The number of carbonyl (C=O) groups is 1. The summed E-state index contributed by atoms with van der Waals surface area (Å²) < 4.78 is 1.55. The Morgan fingerprint density at radius 1 is 1.36 bits per heavy atom. The smallest absolute Gasteiger partial charge is 0.282 e. The summed E-state index contributed by atoms with van der Waals surface area (Å²) in [5, 5.41) is 16.3. The molecule has 0 unspecified atom stereocenters. The van der Waals surface area contributed by atoms with Crippen LogP contribution in [0.1, 0.15) is 21.2 Å². The molecule has 2 heterocycles. The zero-order valence-corrected chi connectivity index (χ0v) is 13.8. The van der Waals surface area contributed by atoms with Gasteiger partial charge in [0.2, 0.25) is 9.97 Å². The highest BCUT2D eigenvalue weighted by Gasteiger charge is 2.15. The Bertz CT molecular complexity index is 844. The van der Waals surface area contributed by atoms with Gasteiger partial charge in [0.05, 0.1) is 0 Å². The highest BCUT2D eigenvalue weighted by Crippen LogP contribution is 2.21. The Hall–Kier alpha value is -1.70. The quantitative estimate of drug-likeness (QED) is 0.780. The number of fused-ring (bicyclic) bond motifs is 1. The van der Waals surface area contributed by atoms with E-state index >= 15 is 0 Å². The van der Waals surface area contributed by atoms with Gasteiger partial charge in [0.15, 0.2) is 5.82 Å². The molecule has 0 saturated heterocycles. The lowest BCUT2D eigenvalue weighted by Crippen LogP contribution is -2.25. The molecule has 0 radical (unpaired) electrons. The van der Waals surface area contributed by atoms with Crippen molar-refractivity contribution in [3.8, 4) is 0 Å². The van der Waals surface area contributed by atoms with Crippen molar-refractivity contribution in [3.63, 3.8) is 0 Å². The molecule has 0 spiro atoms. The SMILES string of the molecule is Cc1nnc2sc(C(=O)NCCc3ccc(Cl)cc3Cl)nn12. The monoisotopic (exact) mass is 355 g/mol.